The van der Waals surface area contributed by atoms with Crippen LogP contribution in [0.5, 0.6) is 0 Å². The molecule has 6 rings (SSSR count). The smallest absolute Gasteiger partial charge is 0.416 e. The van der Waals surface area contributed by atoms with Crippen molar-refractivity contribution < 1.29 is 60.0 Å². The molecule has 1 aromatic carbocycles. The summed E-state index contributed by atoms with van der Waals surface area (Å²) in [4.78, 5) is 62.7. The molecule has 0 saturated carbocycles. The minimum Gasteiger partial charge on any atom is -0.478 e. The van der Waals surface area contributed by atoms with Gasteiger partial charge in [-0.1, -0.05) is 30.3 Å². The molecule has 43 heavy (non-hydrogen) atoms. The predicted molar refractivity (Wildman–Crippen MR) is 152 cm³/mol. The van der Waals surface area contributed by atoms with Gasteiger partial charge in [0.2, 0.25) is 0 Å². The molecule has 5 N–H and O–H groups in total. The molecule has 0 amide bonds. The Bertz CT molecular complexity index is 2110. The third-order valence-electron chi connectivity index (χ3n) is 6.69. The van der Waals surface area contributed by atoms with Crippen molar-refractivity contribution in [1.82, 2.24) is 19.5 Å². The molecule has 0 aliphatic carbocycles. The van der Waals surface area contributed by atoms with Crippen molar-refractivity contribution in [1.29, 1.82) is 0 Å². The quantitative estimate of drug-likeness (QED) is 0.159. The first kappa shape index (κ1) is 28.9. The first-order valence-corrected chi connectivity index (χ1v) is 12.3. The first-order valence-electron chi connectivity index (χ1n) is 12.3. The Hall–Kier alpha value is -5.64. The number of hydrogen-bond acceptors (Lipinski definition) is 6. The van der Waals surface area contributed by atoms with Gasteiger partial charge in [-0.05, 0) is 54.1 Å². The zero-order chi connectivity index (χ0) is 29.7. The van der Waals surface area contributed by atoms with E-state index in [1.54, 1.807) is 60.7 Å². The van der Waals surface area contributed by atoms with E-state index in [-0.39, 0.29) is 48.5 Å². The van der Waals surface area contributed by atoms with E-state index in [1.807, 2.05) is 0 Å². The van der Waals surface area contributed by atoms with Crippen LogP contribution in [0, 0.1) is 0 Å². The van der Waals surface area contributed by atoms with Gasteiger partial charge in [-0.2, -0.15) is 0 Å². The van der Waals surface area contributed by atoms with Gasteiger partial charge in [-0.25, -0.2) is 33.7 Å². The summed E-state index contributed by atoms with van der Waals surface area (Å²) < 4.78 is 0.527. The number of aromatic carboxylic acids is 2. The van der Waals surface area contributed by atoms with E-state index < -0.39 is 51.9 Å². The third-order valence-corrected chi connectivity index (χ3v) is 6.69. The van der Waals surface area contributed by atoms with Crippen LogP contribution in [0.15, 0.2) is 60.7 Å². The molecule has 5 heterocycles. The summed E-state index contributed by atoms with van der Waals surface area (Å²) in [6.07, 6.45) is 2.71. The molecule has 2 aliphatic rings. The van der Waals surface area contributed by atoms with Crippen molar-refractivity contribution in [3.8, 4) is 11.1 Å². The van der Waals surface area contributed by atoms with Gasteiger partial charge in [0.05, 0.1) is 44.9 Å². The van der Waals surface area contributed by atoms with E-state index >= 15 is 0 Å². The van der Waals surface area contributed by atoms with E-state index in [9.17, 15) is 39.6 Å². The van der Waals surface area contributed by atoms with Gasteiger partial charge in [-0.15, -0.1) is 0 Å². The minimum atomic E-state index is -1.78. The number of carboxylic acids is 3. The summed E-state index contributed by atoms with van der Waals surface area (Å²) in [7, 11) is 0. The van der Waals surface area contributed by atoms with Crippen molar-refractivity contribution in [2.75, 3.05) is 0 Å². The molecular weight excluding hydrogens is 651 g/mol. The van der Waals surface area contributed by atoms with Crippen molar-refractivity contribution in [2.24, 2.45) is 0 Å². The molecule has 0 unspecified atom stereocenters. The fraction of sp³-hybridized carbons (Fsp3) is 0. The standard InChI is InChI=1S/C30H18N4O8.Pd/c35-27(36)20-12-19-11-17-7-6-15(31-17)10-16-8-9-18(32-16)13-21-22(14-4-2-1-3-5-14)23(28(37)38)26(34(21)30(41)42)24(29(39)40)25(20)33-19;/h1-13,31H,(H,35,36)(H,37,38)(H,39,40)(H,41,42);. The van der Waals surface area contributed by atoms with Crippen molar-refractivity contribution in [3.63, 3.8) is 0 Å². The molecular formula is C30H18N4O8Pd. The van der Waals surface area contributed by atoms with Gasteiger partial charge in [0.25, 0.3) is 0 Å². The average molecular weight is 669 g/mol. The molecule has 0 saturated heterocycles. The molecule has 2 aliphatic heterocycles. The van der Waals surface area contributed by atoms with Crippen molar-refractivity contribution >= 4 is 69.9 Å². The van der Waals surface area contributed by atoms with E-state index in [2.05, 4.69) is 15.0 Å². The predicted octanol–water partition coefficient (Wildman–Crippen LogP) is 5.17. The molecule has 216 valence electrons. The Balaban J connectivity index is 0.00000368. The Kier molecular flexibility index (Phi) is 7.37. The second kappa shape index (κ2) is 11.0. The number of fused-ring (bicyclic) bond motifs is 8. The number of benzene rings is 1. The molecule has 13 heteroatoms. The monoisotopic (exact) mass is 668 g/mol. The summed E-state index contributed by atoms with van der Waals surface area (Å²) in [6.45, 7) is 0. The zero-order valence-corrected chi connectivity index (χ0v) is 23.1. The Labute approximate surface area is 254 Å². The van der Waals surface area contributed by atoms with Crippen LogP contribution < -0.4 is 0 Å². The van der Waals surface area contributed by atoms with Gasteiger partial charge in [-0.3, -0.25) is 0 Å². The molecule has 0 radical (unpaired) electrons. The number of aliphatic carboxylic acids is 1. The van der Waals surface area contributed by atoms with Crippen LogP contribution in [0.1, 0.15) is 43.5 Å². The summed E-state index contributed by atoms with van der Waals surface area (Å²) in [5.74, 6) is -4.95. The zero-order valence-electron chi connectivity index (χ0n) is 21.6. The minimum absolute atomic E-state index is 0. The maximum absolute atomic E-state index is 12.9. The summed E-state index contributed by atoms with van der Waals surface area (Å²) in [5.41, 5.74) is -1.49. The summed E-state index contributed by atoms with van der Waals surface area (Å²) in [5, 5.41) is 41.3. The van der Waals surface area contributed by atoms with E-state index in [1.165, 1.54) is 12.1 Å². The molecule has 0 fully saturated rings. The summed E-state index contributed by atoms with van der Waals surface area (Å²) in [6, 6.07) is 16.0. The molecule has 4 aromatic rings. The largest absolute Gasteiger partial charge is 0.478 e. The van der Waals surface area contributed by atoms with Crippen LogP contribution in [0.4, 0.5) is 4.79 Å². The summed E-state index contributed by atoms with van der Waals surface area (Å²) >= 11 is 0. The molecule has 8 bridgehead atoms. The van der Waals surface area contributed by atoms with E-state index in [0.29, 0.717) is 21.3 Å². The topological polar surface area (TPSA) is 196 Å². The number of nitrogens with one attached hydrogen (secondary N) is 1. The van der Waals surface area contributed by atoms with E-state index in [0.717, 1.165) is 6.08 Å². The third kappa shape index (κ3) is 5.03. The number of H-pyrrole nitrogens is 1. The van der Waals surface area contributed by atoms with Gasteiger partial charge in [0.15, 0.2) is 0 Å². The van der Waals surface area contributed by atoms with Crippen molar-refractivity contribution in [3.05, 3.63) is 94.6 Å². The van der Waals surface area contributed by atoms with Crippen LogP contribution in [-0.2, 0) is 25.2 Å². The number of carboxylic acid groups (broad SMARTS) is 4. The second-order valence-electron chi connectivity index (χ2n) is 9.30. The van der Waals surface area contributed by atoms with Gasteiger partial charge >= 0.3 is 24.0 Å². The van der Waals surface area contributed by atoms with Gasteiger partial charge in [0, 0.05) is 37.0 Å². The Morgan fingerprint density at radius 3 is 1.88 bits per heavy atom. The number of carbonyl (C=O) groups is 4. The number of aromatic amines is 1. The second-order valence-corrected chi connectivity index (χ2v) is 9.30. The van der Waals surface area contributed by atoms with E-state index in [4.69, 9.17) is 0 Å². The first-order chi connectivity index (χ1) is 20.1. The fourth-order valence-electron chi connectivity index (χ4n) is 5.06. The molecule has 0 atom stereocenters. The Morgan fingerprint density at radius 2 is 1.30 bits per heavy atom. The maximum atomic E-state index is 12.9. The maximum Gasteiger partial charge on any atom is 0.416 e. The number of hydrogen-bond donors (Lipinski definition) is 5. The molecule has 12 nitrogen and oxygen atoms in total. The molecule has 3 aromatic heterocycles. The van der Waals surface area contributed by atoms with Gasteiger partial charge in [0.1, 0.15) is 5.56 Å². The SMILES string of the molecule is O=C(O)C1=Cc2cc3ccc(cc4nc(cc5c(-c6ccccc6)c(C(=O)O)c(c(C(=O)O)c1n2)n5C(=O)O)C=C4)[nH]3.[Pd]. The van der Waals surface area contributed by atoms with Crippen LogP contribution in [-0.4, -0.2) is 63.9 Å². The normalized spacial score (nSPS) is 11.9. The molecule has 0 spiro atoms. The van der Waals surface area contributed by atoms with Gasteiger partial charge < -0.3 is 25.4 Å². The number of nitrogens with zero attached hydrogens (tertiary/aromatic N) is 3. The number of aromatic nitrogens is 4. The van der Waals surface area contributed by atoms with Crippen LogP contribution >= 0.6 is 0 Å². The van der Waals surface area contributed by atoms with Crippen molar-refractivity contribution in [2.45, 2.75) is 0 Å². The van der Waals surface area contributed by atoms with Crippen LogP contribution in [0.3, 0.4) is 0 Å². The average Bonchev–Trinajstić information content (AvgIpc) is 3.71. The fourth-order valence-corrected chi connectivity index (χ4v) is 5.06. The number of rotatable bonds is 4. The van der Waals surface area contributed by atoms with Crippen LogP contribution in [0.25, 0.3) is 57.0 Å². The Morgan fingerprint density at radius 1 is 0.698 bits per heavy atom. The van der Waals surface area contributed by atoms with Crippen LogP contribution in [0.2, 0.25) is 0 Å².